The molecule has 0 radical (unpaired) electrons. The van der Waals surface area contributed by atoms with Gasteiger partial charge in [0.2, 0.25) is 0 Å². The summed E-state index contributed by atoms with van der Waals surface area (Å²) in [5, 5.41) is 3.13. The Balaban J connectivity index is 2.09. The van der Waals surface area contributed by atoms with E-state index < -0.39 is 0 Å². The fourth-order valence-electron chi connectivity index (χ4n) is 1.94. The lowest BCUT2D eigenvalue weighted by atomic mass is 10.1. The van der Waals surface area contributed by atoms with Crippen LogP contribution < -0.4 is 5.32 Å². The molecule has 0 saturated heterocycles. The fraction of sp³-hybridized carbons (Fsp3) is 0.727. The van der Waals surface area contributed by atoms with E-state index in [1.54, 1.807) is 6.20 Å². The maximum absolute atomic E-state index is 10.7. The van der Waals surface area contributed by atoms with E-state index in [0.717, 1.165) is 18.4 Å². The Bertz CT molecular complexity index is 213. The van der Waals surface area contributed by atoms with Gasteiger partial charge in [-0.15, -0.1) is 0 Å². The summed E-state index contributed by atoms with van der Waals surface area (Å²) in [5.41, 5.74) is 0. The minimum Gasteiger partial charge on any atom is -0.466 e. The van der Waals surface area contributed by atoms with Crippen LogP contribution in [-0.4, -0.2) is 19.6 Å². The largest absolute Gasteiger partial charge is 0.466 e. The Kier molecular flexibility index (Phi) is 4.50. The Morgan fingerprint density at radius 3 is 2.93 bits per heavy atom. The van der Waals surface area contributed by atoms with E-state index in [-0.39, 0.29) is 5.97 Å². The van der Waals surface area contributed by atoms with Crippen molar-refractivity contribution in [3.63, 3.8) is 0 Å². The summed E-state index contributed by atoms with van der Waals surface area (Å²) in [5.74, 6) is 1.33. The predicted molar refractivity (Wildman–Crippen MR) is 55.7 cm³/mol. The van der Waals surface area contributed by atoms with Crippen LogP contribution in [0.15, 0.2) is 12.3 Å². The standard InChI is InChI=1S/C11H19NO2/c1-9-3-4-10(7-9)8-12-6-5-11(13)14-2/h5-6,9-10,12H,3-4,7-8H2,1-2H3/b6-5+. The van der Waals surface area contributed by atoms with Gasteiger partial charge in [-0.05, 0) is 24.7 Å². The van der Waals surface area contributed by atoms with E-state index in [0.29, 0.717) is 0 Å². The number of rotatable bonds is 4. The van der Waals surface area contributed by atoms with E-state index >= 15 is 0 Å². The number of methoxy groups -OCH3 is 1. The molecule has 1 rings (SSSR count). The van der Waals surface area contributed by atoms with Crippen LogP contribution in [0.3, 0.4) is 0 Å². The van der Waals surface area contributed by atoms with Crippen LogP contribution in [0.25, 0.3) is 0 Å². The zero-order valence-corrected chi connectivity index (χ0v) is 8.95. The normalized spacial score (nSPS) is 26.7. The summed E-state index contributed by atoms with van der Waals surface area (Å²) in [6, 6.07) is 0. The van der Waals surface area contributed by atoms with Crippen molar-refractivity contribution in [1.29, 1.82) is 0 Å². The SMILES string of the molecule is COC(=O)/C=C/NCC1CCC(C)C1. The number of carbonyl (C=O) groups excluding carboxylic acids is 1. The highest BCUT2D eigenvalue weighted by Gasteiger charge is 2.20. The van der Waals surface area contributed by atoms with Crippen molar-refractivity contribution in [1.82, 2.24) is 5.32 Å². The smallest absolute Gasteiger partial charge is 0.331 e. The van der Waals surface area contributed by atoms with E-state index in [9.17, 15) is 4.79 Å². The molecule has 80 valence electrons. The van der Waals surface area contributed by atoms with E-state index in [4.69, 9.17) is 0 Å². The number of carbonyl (C=O) groups is 1. The quantitative estimate of drug-likeness (QED) is 0.550. The van der Waals surface area contributed by atoms with Gasteiger partial charge < -0.3 is 10.1 Å². The summed E-state index contributed by atoms with van der Waals surface area (Å²) in [6.07, 6.45) is 7.04. The number of hydrogen-bond acceptors (Lipinski definition) is 3. The molecule has 3 nitrogen and oxygen atoms in total. The second kappa shape index (κ2) is 5.68. The molecule has 0 aromatic heterocycles. The van der Waals surface area contributed by atoms with Crippen molar-refractivity contribution in [2.24, 2.45) is 11.8 Å². The molecule has 1 N–H and O–H groups in total. The molecule has 3 heteroatoms. The molecule has 1 aliphatic carbocycles. The van der Waals surface area contributed by atoms with Gasteiger partial charge >= 0.3 is 5.97 Å². The van der Waals surface area contributed by atoms with Gasteiger partial charge in [0.15, 0.2) is 0 Å². The van der Waals surface area contributed by atoms with Gasteiger partial charge in [0, 0.05) is 18.8 Å². The van der Waals surface area contributed by atoms with Crippen molar-refractivity contribution in [2.45, 2.75) is 26.2 Å². The molecule has 0 aromatic carbocycles. The molecule has 0 amide bonds. The van der Waals surface area contributed by atoms with Crippen molar-refractivity contribution < 1.29 is 9.53 Å². The van der Waals surface area contributed by atoms with Gasteiger partial charge in [0.05, 0.1) is 7.11 Å². The molecule has 14 heavy (non-hydrogen) atoms. The molecule has 0 aliphatic heterocycles. The molecule has 2 unspecified atom stereocenters. The van der Waals surface area contributed by atoms with Crippen LogP contribution in [0.5, 0.6) is 0 Å². The molecular weight excluding hydrogens is 178 g/mol. The maximum Gasteiger partial charge on any atom is 0.331 e. The maximum atomic E-state index is 10.7. The molecule has 2 atom stereocenters. The minimum absolute atomic E-state index is 0.308. The van der Waals surface area contributed by atoms with Crippen LogP contribution in [0.2, 0.25) is 0 Å². The molecule has 0 heterocycles. The lowest BCUT2D eigenvalue weighted by Crippen LogP contribution is -2.16. The van der Waals surface area contributed by atoms with Crippen molar-refractivity contribution in [3.05, 3.63) is 12.3 Å². The average molecular weight is 197 g/mol. The van der Waals surface area contributed by atoms with Gasteiger partial charge in [-0.25, -0.2) is 4.79 Å². The highest BCUT2D eigenvalue weighted by Crippen LogP contribution is 2.29. The highest BCUT2D eigenvalue weighted by atomic mass is 16.5. The van der Waals surface area contributed by atoms with Gasteiger partial charge in [-0.2, -0.15) is 0 Å². The van der Waals surface area contributed by atoms with E-state index in [2.05, 4.69) is 17.0 Å². The summed E-state index contributed by atoms with van der Waals surface area (Å²) in [4.78, 5) is 10.7. The average Bonchev–Trinajstić information content (AvgIpc) is 2.58. The first kappa shape index (κ1) is 11.1. The highest BCUT2D eigenvalue weighted by molar-refractivity contribution is 5.81. The predicted octanol–water partition coefficient (Wildman–Crippen LogP) is 1.70. The molecular formula is C11H19NO2. The number of hydrogen-bond donors (Lipinski definition) is 1. The van der Waals surface area contributed by atoms with Gasteiger partial charge in [0.1, 0.15) is 0 Å². The van der Waals surface area contributed by atoms with Gasteiger partial charge in [-0.3, -0.25) is 0 Å². The Hall–Kier alpha value is -0.990. The molecule has 1 aliphatic rings. The minimum atomic E-state index is -0.308. The number of esters is 1. The van der Waals surface area contributed by atoms with Crippen LogP contribution >= 0.6 is 0 Å². The third kappa shape index (κ3) is 3.81. The topological polar surface area (TPSA) is 38.3 Å². The third-order valence-corrected chi connectivity index (χ3v) is 2.75. The molecule has 1 saturated carbocycles. The zero-order chi connectivity index (χ0) is 10.4. The fourth-order valence-corrected chi connectivity index (χ4v) is 1.94. The summed E-state index contributed by atoms with van der Waals surface area (Å²) in [7, 11) is 1.38. The van der Waals surface area contributed by atoms with E-state index in [1.165, 1.54) is 32.4 Å². The second-order valence-corrected chi connectivity index (χ2v) is 4.05. The van der Waals surface area contributed by atoms with Crippen LogP contribution in [0.4, 0.5) is 0 Å². The summed E-state index contributed by atoms with van der Waals surface area (Å²) >= 11 is 0. The van der Waals surface area contributed by atoms with Crippen molar-refractivity contribution >= 4 is 5.97 Å². The first-order valence-electron chi connectivity index (χ1n) is 5.20. The summed E-state index contributed by atoms with van der Waals surface area (Å²) in [6.45, 7) is 3.27. The van der Waals surface area contributed by atoms with Crippen LogP contribution in [0.1, 0.15) is 26.2 Å². The van der Waals surface area contributed by atoms with E-state index in [1.807, 2.05) is 0 Å². The Labute approximate surface area is 85.5 Å². The first-order valence-corrected chi connectivity index (χ1v) is 5.20. The third-order valence-electron chi connectivity index (χ3n) is 2.75. The number of ether oxygens (including phenoxy) is 1. The molecule has 0 bridgehead atoms. The van der Waals surface area contributed by atoms with Gasteiger partial charge in [-0.1, -0.05) is 13.3 Å². The second-order valence-electron chi connectivity index (χ2n) is 4.05. The van der Waals surface area contributed by atoms with Crippen LogP contribution in [-0.2, 0) is 9.53 Å². The zero-order valence-electron chi connectivity index (χ0n) is 8.95. The number of nitrogens with one attached hydrogen (secondary N) is 1. The Morgan fingerprint density at radius 2 is 2.36 bits per heavy atom. The van der Waals surface area contributed by atoms with Crippen LogP contribution in [0, 0.1) is 11.8 Å². The molecule has 1 fully saturated rings. The lowest BCUT2D eigenvalue weighted by molar-refractivity contribution is -0.134. The molecule has 0 spiro atoms. The van der Waals surface area contributed by atoms with Crippen molar-refractivity contribution in [3.8, 4) is 0 Å². The van der Waals surface area contributed by atoms with Crippen molar-refractivity contribution in [2.75, 3.05) is 13.7 Å². The summed E-state index contributed by atoms with van der Waals surface area (Å²) < 4.78 is 4.47. The lowest BCUT2D eigenvalue weighted by Gasteiger charge is -2.08. The molecule has 0 aromatic rings. The first-order chi connectivity index (χ1) is 6.72. The van der Waals surface area contributed by atoms with Gasteiger partial charge in [0.25, 0.3) is 0 Å². The monoisotopic (exact) mass is 197 g/mol. The Morgan fingerprint density at radius 1 is 1.57 bits per heavy atom.